The van der Waals surface area contributed by atoms with Crippen LogP contribution in [0, 0.1) is 11.7 Å². The molecular formula is C21H20ClFN2. The fourth-order valence-corrected chi connectivity index (χ4v) is 3.86. The Hall–Kier alpha value is -2.13. The zero-order valence-corrected chi connectivity index (χ0v) is 14.7. The molecule has 1 aliphatic carbocycles. The third-order valence-corrected chi connectivity index (χ3v) is 5.24. The van der Waals surface area contributed by atoms with E-state index in [4.69, 9.17) is 11.6 Å². The van der Waals surface area contributed by atoms with Crippen LogP contribution in [0.25, 0.3) is 28.2 Å². The van der Waals surface area contributed by atoms with Crippen LogP contribution in [0.3, 0.4) is 0 Å². The molecule has 1 aromatic heterocycles. The number of fused-ring (bicyclic) bond motifs is 1. The van der Waals surface area contributed by atoms with Crippen molar-refractivity contribution < 1.29 is 4.39 Å². The van der Waals surface area contributed by atoms with Gasteiger partial charge in [-0.3, -0.25) is 0 Å². The average Bonchev–Trinajstić information content (AvgIpc) is 3.03. The molecule has 1 heterocycles. The third-order valence-electron chi connectivity index (χ3n) is 4.93. The topological polar surface area (TPSA) is 28.7 Å². The summed E-state index contributed by atoms with van der Waals surface area (Å²) in [4.78, 5) is 7.95. The number of allylic oxidation sites excluding steroid dienone is 1. The van der Waals surface area contributed by atoms with Crippen molar-refractivity contribution in [2.75, 3.05) is 0 Å². The summed E-state index contributed by atoms with van der Waals surface area (Å²) in [6.07, 6.45) is 10.9. The van der Waals surface area contributed by atoms with Gasteiger partial charge in [-0.05, 0) is 54.7 Å². The second-order valence-corrected chi connectivity index (χ2v) is 7.12. The average molecular weight is 355 g/mol. The number of hydrogen-bond donors (Lipinski definition) is 1. The van der Waals surface area contributed by atoms with Gasteiger partial charge in [0.15, 0.2) is 0 Å². The molecule has 128 valence electrons. The van der Waals surface area contributed by atoms with Crippen LogP contribution in [0.5, 0.6) is 0 Å². The zero-order valence-electron chi connectivity index (χ0n) is 13.9. The lowest BCUT2D eigenvalue weighted by atomic mass is 9.89. The highest BCUT2D eigenvalue weighted by molar-refractivity contribution is 6.33. The molecule has 1 saturated carbocycles. The van der Waals surface area contributed by atoms with Crippen LogP contribution < -0.4 is 0 Å². The molecule has 4 rings (SSSR count). The van der Waals surface area contributed by atoms with Gasteiger partial charge < -0.3 is 4.98 Å². The molecule has 0 amide bonds. The Morgan fingerprint density at radius 3 is 2.76 bits per heavy atom. The number of hydrogen-bond acceptors (Lipinski definition) is 1. The molecule has 0 atom stereocenters. The van der Waals surface area contributed by atoms with E-state index in [0.29, 0.717) is 16.5 Å². The first kappa shape index (κ1) is 16.3. The van der Waals surface area contributed by atoms with E-state index in [1.54, 1.807) is 12.1 Å². The second-order valence-electron chi connectivity index (χ2n) is 6.71. The van der Waals surface area contributed by atoms with Gasteiger partial charge in [0.05, 0.1) is 16.1 Å². The van der Waals surface area contributed by atoms with Crippen molar-refractivity contribution in [3.8, 4) is 11.1 Å². The van der Waals surface area contributed by atoms with Gasteiger partial charge >= 0.3 is 0 Å². The van der Waals surface area contributed by atoms with Crippen LogP contribution in [0.1, 0.15) is 37.9 Å². The highest BCUT2D eigenvalue weighted by Gasteiger charge is 2.12. The van der Waals surface area contributed by atoms with E-state index in [9.17, 15) is 4.39 Å². The van der Waals surface area contributed by atoms with E-state index in [0.717, 1.165) is 22.4 Å². The van der Waals surface area contributed by atoms with Crippen molar-refractivity contribution in [2.24, 2.45) is 5.92 Å². The van der Waals surface area contributed by atoms with Crippen LogP contribution in [0.15, 0.2) is 42.5 Å². The van der Waals surface area contributed by atoms with Crippen LogP contribution in [0.2, 0.25) is 5.02 Å². The maximum atomic E-state index is 14.1. The first-order chi connectivity index (χ1) is 12.2. The summed E-state index contributed by atoms with van der Waals surface area (Å²) in [6, 6.07) is 10.4. The predicted molar refractivity (Wildman–Crippen MR) is 102 cm³/mol. The number of halogens is 2. The van der Waals surface area contributed by atoms with Crippen LogP contribution >= 0.6 is 11.6 Å². The Balaban J connectivity index is 1.64. The number of aromatic amines is 1. The van der Waals surface area contributed by atoms with E-state index in [2.05, 4.69) is 22.1 Å². The first-order valence-corrected chi connectivity index (χ1v) is 9.21. The summed E-state index contributed by atoms with van der Waals surface area (Å²) < 4.78 is 14.1. The molecule has 3 aromatic rings. The van der Waals surface area contributed by atoms with Crippen molar-refractivity contribution in [3.63, 3.8) is 0 Å². The molecule has 2 aromatic carbocycles. The molecular weight excluding hydrogens is 335 g/mol. The van der Waals surface area contributed by atoms with Crippen molar-refractivity contribution in [1.29, 1.82) is 0 Å². The van der Waals surface area contributed by atoms with Gasteiger partial charge in [0, 0.05) is 5.56 Å². The fraction of sp³-hybridized carbons (Fsp3) is 0.286. The van der Waals surface area contributed by atoms with Gasteiger partial charge in [-0.2, -0.15) is 0 Å². The molecule has 0 radical (unpaired) electrons. The lowest BCUT2D eigenvalue weighted by Crippen LogP contribution is -2.02. The highest BCUT2D eigenvalue weighted by Crippen LogP contribution is 2.32. The van der Waals surface area contributed by atoms with E-state index in [-0.39, 0.29) is 5.82 Å². The molecule has 1 fully saturated rings. The Morgan fingerprint density at radius 1 is 1.12 bits per heavy atom. The first-order valence-electron chi connectivity index (χ1n) is 8.83. The minimum atomic E-state index is -0.320. The largest absolute Gasteiger partial charge is 0.338 e. The molecule has 4 heteroatoms. The molecule has 2 nitrogen and oxygen atoms in total. The molecule has 0 bridgehead atoms. The summed E-state index contributed by atoms with van der Waals surface area (Å²) in [5.74, 6) is 1.19. The van der Waals surface area contributed by atoms with Gasteiger partial charge in [-0.25, -0.2) is 9.37 Å². The monoisotopic (exact) mass is 354 g/mol. The van der Waals surface area contributed by atoms with Crippen molar-refractivity contribution >= 4 is 28.7 Å². The van der Waals surface area contributed by atoms with E-state index in [1.807, 2.05) is 18.2 Å². The smallest absolute Gasteiger partial charge is 0.132 e. The zero-order chi connectivity index (χ0) is 17.2. The molecule has 0 unspecified atom stereocenters. The fourth-order valence-electron chi connectivity index (χ4n) is 3.59. The van der Waals surface area contributed by atoms with Crippen molar-refractivity contribution in [2.45, 2.75) is 32.1 Å². The maximum absolute atomic E-state index is 14.1. The number of aromatic nitrogens is 2. The SMILES string of the molecule is Fc1cccc(Cl)c1-c1ccc2[nH]c(C=CC3CCCCC3)nc2c1. The number of H-pyrrole nitrogens is 1. The highest BCUT2D eigenvalue weighted by atomic mass is 35.5. The summed E-state index contributed by atoms with van der Waals surface area (Å²) in [5, 5.41) is 0.410. The predicted octanol–water partition coefficient (Wildman–Crippen LogP) is 6.62. The second kappa shape index (κ2) is 7.01. The van der Waals surface area contributed by atoms with Gasteiger partial charge in [0.25, 0.3) is 0 Å². The van der Waals surface area contributed by atoms with Crippen LogP contribution in [-0.4, -0.2) is 9.97 Å². The third kappa shape index (κ3) is 3.47. The number of nitrogens with zero attached hydrogens (tertiary/aromatic N) is 1. The lowest BCUT2D eigenvalue weighted by molar-refractivity contribution is 0.420. The van der Waals surface area contributed by atoms with Gasteiger partial charge in [0.2, 0.25) is 0 Å². The summed E-state index contributed by atoms with van der Waals surface area (Å²) in [5.41, 5.74) is 2.93. The molecule has 1 aliphatic rings. The number of nitrogens with one attached hydrogen (secondary N) is 1. The molecule has 0 aliphatic heterocycles. The lowest BCUT2D eigenvalue weighted by Gasteiger charge is -2.17. The normalized spacial score (nSPS) is 16.1. The van der Waals surface area contributed by atoms with Crippen LogP contribution in [-0.2, 0) is 0 Å². The Labute approximate surface area is 151 Å². The van der Waals surface area contributed by atoms with E-state index < -0.39 is 0 Å². The number of rotatable bonds is 3. The quantitative estimate of drug-likeness (QED) is 0.562. The van der Waals surface area contributed by atoms with Gasteiger partial charge in [-0.1, -0.05) is 49.1 Å². The Morgan fingerprint density at radius 2 is 1.96 bits per heavy atom. The standard InChI is InChI=1S/C21H20ClFN2/c22-16-7-4-8-17(23)21(16)15-10-11-18-19(13-15)25-20(24-18)12-9-14-5-2-1-3-6-14/h4,7-14H,1-3,5-6H2,(H,24,25). The van der Waals surface area contributed by atoms with Gasteiger partial charge in [-0.15, -0.1) is 0 Å². The Kier molecular flexibility index (Phi) is 4.58. The number of imidazole rings is 1. The molecule has 25 heavy (non-hydrogen) atoms. The minimum Gasteiger partial charge on any atom is -0.338 e. The van der Waals surface area contributed by atoms with Gasteiger partial charge in [0.1, 0.15) is 11.6 Å². The molecule has 1 N–H and O–H groups in total. The van der Waals surface area contributed by atoms with Crippen molar-refractivity contribution in [3.05, 3.63) is 59.1 Å². The number of benzene rings is 2. The molecule has 0 saturated heterocycles. The minimum absolute atomic E-state index is 0.320. The summed E-state index contributed by atoms with van der Waals surface area (Å²) >= 11 is 6.18. The van der Waals surface area contributed by atoms with E-state index in [1.165, 1.54) is 38.2 Å². The Bertz CT molecular complexity index is 903. The maximum Gasteiger partial charge on any atom is 0.132 e. The van der Waals surface area contributed by atoms with Crippen molar-refractivity contribution in [1.82, 2.24) is 9.97 Å². The summed E-state index contributed by atoms with van der Waals surface area (Å²) in [7, 11) is 0. The molecule has 0 spiro atoms. The van der Waals surface area contributed by atoms with Crippen LogP contribution in [0.4, 0.5) is 4.39 Å². The summed E-state index contributed by atoms with van der Waals surface area (Å²) in [6.45, 7) is 0. The van der Waals surface area contributed by atoms with E-state index >= 15 is 0 Å².